The molecule has 1 rings (SSSR count). The SMILES string of the molecule is CCCCOC(=O)NCC1(C)CC(NC(=O)OCC(F)(F)OCC)CC(C)(C)C1. The van der Waals surface area contributed by atoms with E-state index in [2.05, 4.69) is 34.0 Å². The molecule has 1 fully saturated rings. The van der Waals surface area contributed by atoms with Crippen LogP contribution in [0.4, 0.5) is 18.4 Å². The zero-order valence-electron chi connectivity index (χ0n) is 18.2. The summed E-state index contributed by atoms with van der Waals surface area (Å²) in [6.45, 7) is 9.11. The molecule has 2 atom stereocenters. The van der Waals surface area contributed by atoms with E-state index in [1.54, 1.807) is 0 Å². The molecule has 0 radical (unpaired) electrons. The number of alkyl halides is 2. The van der Waals surface area contributed by atoms with Gasteiger partial charge in [0.15, 0.2) is 6.61 Å². The van der Waals surface area contributed by atoms with E-state index in [1.807, 2.05) is 13.8 Å². The number of carbonyl (C=O) groups excluding carboxylic acids is 2. The molecule has 0 saturated heterocycles. The second-order valence-corrected chi connectivity index (χ2v) is 8.89. The van der Waals surface area contributed by atoms with Gasteiger partial charge in [-0.25, -0.2) is 9.59 Å². The number of ether oxygens (including phenoxy) is 3. The van der Waals surface area contributed by atoms with Gasteiger partial charge >= 0.3 is 18.3 Å². The molecule has 7 nitrogen and oxygen atoms in total. The standard InChI is InChI=1S/C20H36F2N2O5/c1-6-8-9-27-16(25)23-13-19(5)11-15(10-18(3,4)12-19)24-17(26)28-14-20(21,22)29-7-2/h15H,6-14H2,1-5H3,(H,23,25)(H,24,26). The summed E-state index contributed by atoms with van der Waals surface area (Å²) < 4.78 is 40.6. The Morgan fingerprint density at radius 1 is 1.10 bits per heavy atom. The number of amides is 2. The Hall–Kier alpha value is -1.64. The topological polar surface area (TPSA) is 85.9 Å². The lowest BCUT2D eigenvalue weighted by molar-refractivity contribution is -0.254. The van der Waals surface area contributed by atoms with Gasteiger partial charge in [-0.15, -0.1) is 0 Å². The predicted molar refractivity (Wildman–Crippen MR) is 105 cm³/mol. The van der Waals surface area contributed by atoms with Gasteiger partial charge in [-0.05, 0) is 43.4 Å². The third kappa shape index (κ3) is 10.1. The lowest BCUT2D eigenvalue weighted by Crippen LogP contribution is -2.50. The molecule has 9 heteroatoms. The van der Waals surface area contributed by atoms with Crippen molar-refractivity contribution in [2.75, 3.05) is 26.4 Å². The van der Waals surface area contributed by atoms with Gasteiger partial charge in [-0.1, -0.05) is 34.1 Å². The summed E-state index contributed by atoms with van der Waals surface area (Å²) in [7, 11) is 0. The second kappa shape index (κ2) is 10.9. The minimum atomic E-state index is -3.51. The number of halogens is 2. The van der Waals surface area contributed by atoms with E-state index < -0.39 is 24.9 Å². The molecule has 0 aromatic rings. The molecular formula is C20H36F2N2O5. The van der Waals surface area contributed by atoms with Crippen molar-refractivity contribution in [2.24, 2.45) is 10.8 Å². The quantitative estimate of drug-likeness (QED) is 0.508. The summed E-state index contributed by atoms with van der Waals surface area (Å²) in [6, 6.07) is -0.255. The maximum absolute atomic E-state index is 13.3. The molecule has 0 aromatic heterocycles. The van der Waals surface area contributed by atoms with Crippen LogP contribution in [0.5, 0.6) is 0 Å². The van der Waals surface area contributed by atoms with Gasteiger partial charge in [0.2, 0.25) is 0 Å². The van der Waals surface area contributed by atoms with Crippen LogP contribution in [0.2, 0.25) is 0 Å². The fourth-order valence-electron chi connectivity index (χ4n) is 4.13. The van der Waals surface area contributed by atoms with Crippen molar-refractivity contribution in [2.45, 2.75) is 78.9 Å². The lowest BCUT2D eigenvalue weighted by Gasteiger charge is -2.46. The van der Waals surface area contributed by atoms with Gasteiger partial charge in [0.05, 0.1) is 13.2 Å². The monoisotopic (exact) mass is 422 g/mol. The van der Waals surface area contributed by atoms with Crippen LogP contribution < -0.4 is 10.6 Å². The van der Waals surface area contributed by atoms with Gasteiger partial charge in [0, 0.05) is 12.6 Å². The van der Waals surface area contributed by atoms with Crippen LogP contribution in [0.15, 0.2) is 0 Å². The largest absolute Gasteiger partial charge is 0.450 e. The van der Waals surface area contributed by atoms with Crippen molar-refractivity contribution >= 4 is 12.2 Å². The highest BCUT2D eigenvalue weighted by atomic mass is 19.3. The van der Waals surface area contributed by atoms with Gasteiger partial charge in [0.1, 0.15) is 0 Å². The van der Waals surface area contributed by atoms with Crippen LogP contribution in [0.3, 0.4) is 0 Å². The molecule has 0 bridgehead atoms. The van der Waals surface area contributed by atoms with Gasteiger partial charge in [-0.3, -0.25) is 0 Å². The van der Waals surface area contributed by atoms with E-state index in [-0.39, 0.29) is 23.5 Å². The van der Waals surface area contributed by atoms with Crippen LogP contribution in [0.25, 0.3) is 0 Å². The van der Waals surface area contributed by atoms with Crippen molar-refractivity contribution in [1.82, 2.24) is 10.6 Å². The van der Waals surface area contributed by atoms with E-state index in [1.165, 1.54) is 6.92 Å². The molecule has 1 aliphatic rings. The van der Waals surface area contributed by atoms with Crippen molar-refractivity contribution in [1.29, 1.82) is 0 Å². The summed E-state index contributed by atoms with van der Waals surface area (Å²) in [5.41, 5.74) is -0.382. The fourth-order valence-corrected chi connectivity index (χ4v) is 4.13. The van der Waals surface area contributed by atoms with Crippen molar-refractivity contribution in [3.8, 4) is 0 Å². The van der Waals surface area contributed by atoms with E-state index in [9.17, 15) is 18.4 Å². The minimum Gasteiger partial charge on any atom is -0.450 e. The van der Waals surface area contributed by atoms with Gasteiger partial charge in [0.25, 0.3) is 0 Å². The maximum Gasteiger partial charge on any atom is 0.407 e. The van der Waals surface area contributed by atoms with E-state index in [0.29, 0.717) is 26.0 Å². The van der Waals surface area contributed by atoms with Crippen LogP contribution in [0.1, 0.15) is 66.7 Å². The molecule has 2 N–H and O–H groups in total. The molecule has 170 valence electrons. The Kier molecular flexibility index (Phi) is 9.58. The van der Waals surface area contributed by atoms with Crippen LogP contribution >= 0.6 is 0 Å². The Balaban J connectivity index is 2.57. The van der Waals surface area contributed by atoms with E-state index in [4.69, 9.17) is 4.74 Å². The molecule has 29 heavy (non-hydrogen) atoms. The zero-order chi connectivity index (χ0) is 22.1. The summed E-state index contributed by atoms with van der Waals surface area (Å²) in [5.74, 6) is 0. The van der Waals surface area contributed by atoms with E-state index in [0.717, 1.165) is 19.3 Å². The highest BCUT2D eigenvalue weighted by Crippen LogP contribution is 2.45. The number of alkyl carbamates (subject to hydrolysis) is 2. The van der Waals surface area contributed by atoms with Gasteiger partial charge in [-0.2, -0.15) is 8.78 Å². The fraction of sp³-hybridized carbons (Fsp3) is 0.900. The Bertz CT molecular complexity index is 545. The molecular weight excluding hydrogens is 386 g/mol. The van der Waals surface area contributed by atoms with Crippen molar-refractivity contribution in [3.63, 3.8) is 0 Å². The second-order valence-electron chi connectivity index (χ2n) is 8.89. The number of hydrogen-bond acceptors (Lipinski definition) is 5. The van der Waals surface area contributed by atoms with Crippen molar-refractivity contribution < 1.29 is 32.6 Å². The average Bonchev–Trinajstić information content (AvgIpc) is 2.57. The smallest absolute Gasteiger partial charge is 0.407 e. The van der Waals surface area contributed by atoms with Gasteiger partial charge < -0.3 is 24.8 Å². The maximum atomic E-state index is 13.3. The van der Waals surface area contributed by atoms with Crippen LogP contribution in [0, 0.1) is 10.8 Å². The Morgan fingerprint density at radius 2 is 1.79 bits per heavy atom. The van der Waals surface area contributed by atoms with Crippen LogP contribution in [-0.2, 0) is 14.2 Å². The number of carbonyl (C=O) groups is 2. The molecule has 0 aliphatic heterocycles. The van der Waals surface area contributed by atoms with Crippen LogP contribution in [-0.4, -0.2) is 50.7 Å². The molecule has 0 spiro atoms. The molecule has 0 heterocycles. The Labute approximate surface area is 172 Å². The summed E-state index contributed by atoms with van der Waals surface area (Å²) in [4.78, 5) is 23.8. The summed E-state index contributed by atoms with van der Waals surface area (Å²) in [5, 5.41) is 5.48. The summed E-state index contributed by atoms with van der Waals surface area (Å²) >= 11 is 0. The highest BCUT2D eigenvalue weighted by molar-refractivity contribution is 5.68. The normalized spacial score (nSPS) is 23.9. The lowest BCUT2D eigenvalue weighted by atomic mass is 9.62. The predicted octanol–water partition coefficient (Wildman–Crippen LogP) is 4.45. The molecule has 0 aromatic carbocycles. The number of hydrogen-bond donors (Lipinski definition) is 2. The third-order valence-corrected chi connectivity index (χ3v) is 4.88. The first-order valence-electron chi connectivity index (χ1n) is 10.3. The molecule has 1 aliphatic carbocycles. The molecule has 1 saturated carbocycles. The van der Waals surface area contributed by atoms with E-state index >= 15 is 0 Å². The van der Waals surface area contributed by atoms with Crippen molar-refractivity contribution in [3.05, 3.63) is 0 Å². The zero-order valence-corrected chi connectivity index (χ0v) is 18.2. The first-order valence-corrected chi connectivity index (χ1v) is 10.3. The minimum absolute atomic E-state index is 0.103. The number of nitrogens with one attached hydrogen (secondary N) is 2. The molecule has 2 unspecified atom stereocenters. The molecule has 2 amide bonds. The average molecular weight is 423 g/mol. The Morgan fingerprint density at radius 3 is 2.41 bits per heavy atom. The highest BCUT2D eigenvalue weighted by Gasteiger charge is 2.42. The third-order valence-electron chi connectivity index (χ3n) is 4.88. The first-order chi connectivity index (χ1) is 13.4. The summed E-state index contributed by atoms with van der Waals surface area (Å²) in [6.07, 6.45) is -0.998. The number of rotatable bonds is 10. The first kappa shape index (κ1) is 25.4. The number of unbranched alkanes of at least 4 members (excludes halogenated alkanes) is 1.